The van der Waals surface area contributed by atoms with E-state index in [9.17, 15) is 4.79 Å². The number of carbonyl (C=O) groups is 1. The molecular weight excluding hydrogens is 216 g/mol. The summed E-state index contributed by atoms with van der Waals surface area (Å²) in [5.41, 5.74) is 5.94. The van der Waals surface area contributed by atoms with Crippen LogP contribution in [0.5, 0.6) is 5.75 Å². The van der Waals surface area contributed by atoms with E-state index in [0.717, 1.165) is 5.75 Å². The SMILES string of the molecule is COc1ccc(C(=O)N(C)C(C)(C)CN)cc1. The first-order valence-electron chi connectivity index (χ1n) is 5.54. The Morgan fingerprint density at radius 2 is 1.88 bits per heavy atom. The third-order valence-electron chi connectivity index (χ3n) is 3.05. The molecule has 0 heterocycles. The number of nitrogens with two attached hydrogens (primary N) is 1. The molecule has 0 saturated heterocycles. The largest absolute Gasteiger partial charge is 0.497 e. The zero-order chi connectivity index (χ0) is 13.1. The van der Waals surface area contributed by atoms with Crippen LogP contribution < -0.4 is 10.5 Å². The Bertz CT molecular complexity index is 385. The number of amides is 1. The molecule has 1 rings (SSSR count). The average molecular weight is 236 g/mol. The van der Waals surface area contributed by atoms with Crippen molar-refractivity contribution in [3.05, 3.63) is 29.8 Å². The van der Waals surface area contributed by atoms with E-state index >= 15 is 0 Å². The highest BCUT2D eigenvalue weighted by atomic mass is 16.5. The lowest BCUT2D eigenvalue weighted by molar-refractivity contribution is 0.0640. The van der Waals surface area contributed by atoms with Crippen molar-refractivity contribution < 1.29 is 9.53 Å². The predicted molar refractivity (Wildman–Crippen MR) is 68.2 cm³/mol. The van der Waals surface area contributed by atoms with Crippen LogP contribution in [-0.2, 0) is 0 Å². The van der Waals surface area contributed by atoms with E-state index in [4.69, 9.17) is 10.5 Å². The van der Waals surface area contributed by atoms with Crippen LogP contribution in [0, 0.1) is 0 Å². The molecule has 0 saturated carbocycles. The molecule has 0 spiro atoms. The maximum atomic E-state index is 12.2. The highest BCUT2D eigenvalue weighted by molar-refractivity contribution is 5.94. The predicted octanol–water partition coefficient (Wildman–Crippen LogP) is 1.50. The second-order valence-corrected chi connectivity index (χ2v) is 4.61. The molecule has 17 heavy (non-hydrogen) atoms. The third-order valence-corrected chi connectivity index (χ3v) is 3.05. The monoisotopic (exact) mass is 236 g/mol. The van der Waals surface area contributed by atoms with E-state index < -0.39 is 0 Å². The Morgan fingerprint density at radius 1 is 1.35 bits per heavy atom. The molecule has 0 radical (unpaired) electrons. The normalized spacial score (nSPS) is 11.1. The Kier molecular flexibility index (Phi) is 4.12. The van der Waals surface area contributed by atoms with Crippen molar-refractivity contribution in [1.82, 2.24) is 4.90 Å². The summed E-state index contributed by atoms with van der Waals surface area (Å²) in [7, 11) is 3.36. The molecule has 1 amide bonds. The van der Waals surface area contributed by atoms with Crippen molar-refractivity contribution in [3.8, 4) is 5.75 Å². The smallest absolute Gasteiger partial charge is 0.254 e. The molecule has 0 fully saturated rings. The number of methoxy groups -OCH3 is 1. The summed E-state index contributed by atoms with van der Waals surface area (Å²) >= 11 is 0. The van der Waals surface area contributed by atoms with Crippen LogP contribution in [0.4, 0.5) is 0 Å². The Hall–Kier alpha value is -1.55. The summed E-state index contributed by atoms with van der Waals surface area (Å²) in [6.45, 7) is 4.30. The minimum Gasteiger partial charge on any atom is -0.497 e. The first-order valence-corrected chi connectivity index (χ1v) is 5.54. The fourth-order valence-corrected chi connectivity index (χ4v) is 1.34. The number of likely N-dealkylation sites (N-methyl/N-ethyl adjacent to an activating group) is 1. The highest BCUT2D eigenvalue weighted by Gasteiger charge is 2.26. The third kappa shape index (κ3) is 2.97. The fourth-order valence-electron chi connectivity index (χ4n) is 1.34. The van der Waals surface area contributed by atoms with E-state index in [2.05, 4.69) is 0 Å². The summed E-state index contributed by atoms with van der Waals surface area (Å²) in [6.07, 6.45) is 0. The summed E-state index contributed by atoms with van der Waals surface area (Å²) in [5, 5.41) is 0. The van der Waals surface area contributed by atoms with Gasteiger partial charge < -0.3 is 15.4 Å². The van der Waals surface area contributed by atoms with Crippen LogP contribution in [0.1, 0.15) is 24.2 Å². The number of ether oxygens (including phenoxy) is 1. The van der Waals surface area contributed by atoms with Crippen molar-refractivity contribution >= 4 is 5.91 Å². The summed E-state index contributed by atoms with van der Waals surface area (Å²) in [5.74, 6) is 0.699. The van der Waals surface area contributed by atoms with Crippen molar-refractivity contribution in [2.24, 2.45) is 5.73 Å². The number of hydrogen-bond acceptors (Lipinski definition) is 3. The van der Waals surface area contributed by atoms with Crippen molar-refractivity contribution in [3.63, 3.8) is 0 Å². The van der Waals surface area contributed by atoms with Gasteiger partial charge in [0.1, 0.15) is 5.75 Å². The van der Waals surface area contributed by atoms with Gasteiger partial charge in [0.05, 0.1) is 7.11 Å². The lowest BCUT2D eigenvalue weighted by Crippen LogP contribution is -2.50. The van der Waals surface area contributed by atoms with Crippen LogP contribution >= 0.6 is 0 Å². The number of rotatable bonds is 4. The molecule has 0 bridgehead atoms. The van der Waals surface area contributed by atoms with Gasteiger partial charge in [0.15, 0.2) is 0 Å². The molecule has 0 aromatic heterocycles. The summed E-state index contributed by atoms with van der Waals surface area (Å²) < 4.78 is 5.05. The maximum absolute atomic E-state index is 12.2. The molecule has 0 unspecified atom stereocenters. The van der Waals surface area contributed by atoms with Crippen LogP contribution in [0.3, 0.4) is 0 Å². The summed E-state index contributed by atoms with van der Waals surface area (Å²) in [6, 6.07) is 7.06. The highest BCUT2D eigenvalue weighted by Crippen LogP contribution is 2.17. The maximum Gasteiger partial charge on any atom is 0.254 e. The Labute approximate surface area is 102 Å². The van der Waals surface area contributed by atoms with E-state index in [-0.39, 0.29) is 11.4 Å². The molecule has 1 aromatic rings. The van der Waals surface area contributed by atoms with E-state index in [0.29, 0.717) is 12.1 Å². The van der Waals surface area contributed by atoms with Crippen molar-refractivity contribution in [1.29, 1.82) is 0 Å². The Morgan fingerprint density at radius 3 is 2.29 bits per heavy atom. The number of carbonyl (C=O) groups excluding carboxylic acids is 1. The van der Waals surface area contributed by atoms with Crippen LogP contribution in [-0.4, -0.2) is 37.0 Å². The van der Waals surface area contributed by atoms with Gasteiger partial charge in [0.25, 0.3) is 5.91 Å². The standard InChI is InChI=1S/C13H20N2O2/c1-13(2,9-14)15(3)12(16)10-5-7-11(17-4)8-6-10/h5-8H,9,14H2,1-4H3. The first kappa shape index (κ1) is 13.5. The van der Waals surface area contributed by atoms with Gasteiger partial charge in [-0.15, -0.1) is 0 Å². The molecular formula is C13H20N2O2. The molecule has 0 aliphatic heterocycles. The molecule has 94 valence electrons. The number of hydrogen-bond donors (Lipinski definition) is 1. The Balaban J connectivity index is 2.89. The number of nitrogens with zero attached hydrogens (tertiary/aromatic N) is 1. The van der Waals surface area contributed by atoms with Crippen LogP contribution in [0.2, 0.25) is 0 Å². The molecule has 0 atom stereocenters. The second kappa shape index (κ2) is 5.19. The second-order valence-electron chi connectivity index (χ2n) is 4.61. The molecule has 1 aromatic carbocycles. The van der Waals surface area contributed by atoms with E-state index in [1.807, 2.05) is 13.8 Å². The van der Waals surface area contributed by atoms with Crippen LogP contribution in [0.15, 0.2) is 24.3 Å². The van der Waals surface area contributed by atoms with Gasteiger partial charge in [0, 0.05) is 24.7 Å². The van der Waals surface area contributed by atoms with Crippen molar-refractivity contribution in [2.75, 3.05) is 20.7 Å². The first-order chi connectivity index (χ1) is 7.92. The molecule has 0 aliphatic rings. The molecule has 2 N–H and O–H groups in total. The lowest BCUT2D eigenvalue weighted by atomic mass is 10.0. The van der Waals surface area contributed by atoms with Gasteiger partial charge in [0.2, 0.25) is 0 Å². The van der Waals surface area contributed by atoms with Gasteiger partial charge >= 0.3 is 0 Å². The lowest BCUT2D eigenvalue weighted by Gasteiger charge is -2.34. The van der Waals surface area contributed by atoms with E-state index in [1.54, 1.807) is 43.3 Å². The van der Waals surface area contributed by atoms with Gasteiger partial charge in [-0.25, -0.2) is 0 Å². The van der Waals surface area contributed by atoms with Gasteiger partial charge in [-0.3, -0.25) is 4.79 Å². The average Bonchev–Trinajstić information content (AvgIpc) is 2.37. The van der Waals surface area contributed by atoms with E-state index in [1.165, 1.54) is 0 Å². The fraction of sp³-hybridized carbons (Fsp3) is 0.462. The van der Waals surface area contributed by atoms with Gasteiger partial charge in [-0.1, -0.05) is 0 Å². The minimum absolute atomic E-state index is 0.0388. The number of benzene rings is 1. The topological polar surface area (TPSA) is 55.6 Å². The quantitative estimate of drug-likeness (QED) is 0.862. The zero-order valence-electron chi connectivity index (χ0n) is 10.9. The summed E-state index contributed by atoms with van der Waals surface area (Å²) in [4.78, 5) is 13.8. The molecule has 4 nitrogen and oxygen atoms in total. The molecule has 0 aliphatic carbocycles. The van der Waals surface area contributed by atoms with Gasteiger partial charge in [-0.2, -0.15) is 0 Å². The van der Waals surface area contributed by atoms with Crippen LogP contribution in [0.25, 0.3) is 0 Å². The minimum atomic E-state index is -0.350. The zero-order valence-corrected chi connectivity index (χ0v) is 10.9. The molecule has 4 heteroatoms. The van der Waals surface area contributed by atoms with Gasteiger partial charge in [-0.05, 0) is 38.1 Å². The van der Waals surface area contributed by atoms with Crippen molar-refractivity contribution in [2.45, 2.75) is 19.4 Å².